The largest absolute Gasteiger partial charge is 0.380 e. The molecule has 0 fully saturated rings. The van der Waals surface area contributed by atoms with Gasteiger partial charge in [-0.2, -0.15) is 0 Å². The second-order valence-corrected chi connectivity index (χ2v) is 5.60. The zero-order valence-electron chi connectivity index (χ0n) is 15.3. The summed E-state index contributed by atoms with van der Waals surface area (Å²) in [5.41, 5.74) is 0. The van der Waals surface area contributed by atoms with E-state index in [1.807, 2.05) is 41.5 Å². The first-order chi connectivity index (χ1) is 10.3. The minimum absolute atomic E-state index is 0.0217. The van der Waals surface area contributed by atoms with Crippen molar-refractivity contribution in [3.05, 3.63) is 0 Å². The van der Waals surface area contributed by atoms with E-state index < -0.39 is 0 Å². The molecular formula is C17H33NO4. The summed E-state index contributed by atoms with van der Waals surface area (Å²) in [6, 6.07) is 0. The average molecular weight is 315 g/mol. The van der Waals surface area contributed by atoms with E-state index in [1.54, 1.807) is 7.05 Å². The van der Waals surface area contributed by atoms with Crippen molar-refractivity contribution in [3.63, 3.8) is 0 Å². The van der Waals surface area contributed by atoms with E-state index in [4.69, 9.17) is 4.74 Å². The van der Waals surface area contributed by atoms with Gasteiger partial charge in [0.05, 0.1) is 26.2 Å². The van der Waals surface area contributed by atoms with E-state index in [2.05, 4.69) is 0 Å². The van der Waals surface area contributed by atoms with Crippen LogP contribution in [0.3, 0.4) is 0 Å². The van der Waals surface area contributed by atoms with Crippen LogP contribution in [0.2, 0.25) is 0 Å². The number of ketones is 2. The molecule has 5 heteroatoms. The first-order valence-corrected chi connectivity index (χ1v) is 8.12. The van der Waals surface area contributed by atoms with Crippen LogP contribution in [0, 0.1) is 11.8 Å². The number of likely N-dealkylation sites (N-methyl/N-ethyl adjacent to an activating group) is 1. The highest BCUT2D eigenvalue weighted by atomic mass is 16.5. The fourth-order valence-corrected chi connectivity index (χ4v) is 1.42. The van der Waals surface area contributed by atoms with Crippen molar-refractivity contribution in [1.82, 2.24) is 4.90 Å². The molecule has 0 spiro atoms. The standard InChI is InChI=1S/C15H27NO4.C2H6/c1-11(2)13(17)6-8-20-9-7-15(19)16(5)10-14(18)12(3)4;1-2/h11-12H,6-10H2,1-5H3;1-2H3. The van der Waals surface area contributed by atoms with Gasteiger partial charge in [-0.25, -0.2) is 0 Å². The Kier molecular flexibility index (Phi) is 14.1. The average Bonchev–Trinajstić information content (AvgIpc) is 2.47. The van der Waals surface area contributed by atoms with E-state index in [0.29, 0.717) is 13.0 Å². The number of amides is 1. The summed E-state index contributed by atoms with van der Waals surface area (Å²) in [6.07, 6.45) is 0.616. The number of carbonyl (C=O) groups is 3. The topological polar surface area (TPSA) is 63.7 Å². The number of ether oxygens (including phenoxy) is 1. The van der Waals surface area contributed by atoms with Crippen LogP contribution in [0.15, 0.2) is 0 Å². The monoisotopic (exact) mass is 315 g/mol. The quantitative estimate of drug-likeness (QED) is 0.581. The Balaban J connectivity index is 0. The maximum atomic E-state index is 11.7. The number of rotatable bonds is 10. The Morgan fingerprint density at radius 3 is 1.77 bits per heavy atom. The maximum Gasteiger partial charge on any atom is 0.225 e. The molecule has 0 aromatic rings. The van der Waals surface area contributed by atoms with Gasteiger partial charge >= 0.3 is 0 Å². The van der Waals surface area contributed by atoms with Crippen molar-refractivity contribution in [2.75, 3.05) is 26.8 Å². The van der Waals surface area contributed by atoms with E-state index in [1.165, 1.54) is 4.90 Å². The highest BCUT2D eigenvalue weighted by Crippen LogP contribution is 2.01. The Labute approximate surface area is 135 Å². The van der Waals surface area contributed by atoms with Gasteiger partial charge < -0.3 is 9.64 Å². The van der Waals surface area contributed by atoms with E-state index >= 15 is 0 Å². The second kappa shape index (κ2) is 13.4. The van der Waals surface area contributed by atoms with Gasteiger partial charge in [0.15, 0.2) is 5.78 Å². The summed E-state index contributed by atoms with van der Waals surface area (Å²) in [7, 11) is 1.62. The van der Waals surface area contributed by atoms with Crippen LogP contribution in [0.4, 0.5) is 0 Å². The van der Waals surface area contributed by atoms with Crippen LogP contribution in [0.1, 0.15) is 54.4 Å². The molecule has 0 N–H and O–H groups in total. The lowest BCUT2D eigenvalue weighted by atomic mass is 10.1. The highest BCUT2D eigenvalue weighted by molar-refractivity contribution is 5.87. The first kappa shape index (κ1) is 23.0. The molecule has 130 valence electrons. The van der Waals surface area contributed by atoms with E-state index in [0.717, 1.165) is 0 Å². The van der Waals surface area contributed by atoms with Crippen molar-refractivity contribution >= 4 is 17.5 Å². The van der Waals surface area contributed by atoms with Crippen LogP contribution >= 0.6 is 0 Å². The van der Waals surface area contributed by atoms with Crippen LogP contribution < -0.4 is 0 Å². The van der Waals surface area contributed by atoms with Crippen LogP contribution in [0.25, 0.3) is 0 Å². The third kappa shape index (κ3) is 11.4. The molecule has 0 saturated carbocycles. The fraction of sp³-hybridized carbons (Fsp3) is 0.824. The second-order valence-electron chi connectivity index (χ2n) is 5.60. The Morgan fingerprint density at radius 1 is 0.864 bits per heavy atom. The van der Waals surface area contributed by atoms with Crippen molar-refractivity contribution in [1.29, 1.82) is 0 Å². The molecular weight excluding hydrogens is 282 g/mol. The predicted molar refractivity (Wildman–Crippen MR) is 88.7 cm³/mol. The number of carbonyl (C=O) groups excluding carboxylic acids is 3. The third-order valence-corrected chi connectivity index (χ3v) is 3.06. The molecule has 22 heavy (non-hydrogen) atoms. The molecule has 0 rings (SSSR count). The Morgan fingerprint density at radius 2 is 1.32 bits per heavy atom. The molecule has 0 aromatic heterocycles. The number of nitrogens with zero attached hydrogens (tertiary/aromatic N) is 1. The molecule has 0 aliphatic heterocycles. The molecule has 0 bridgehead atoms. The van der Waals surface area contributed by atoms with Crippen molar-refractivity contribution < 1.29 is 19.1 Å². The summed E-state index contributed by atoms with van der Waals surface area (Å²) < 4.78 is 5.27. The molecule has 0 aromatic carbocycles. The van der Waals surface area contributed by atoms with Gasteiger partial charge in [0.25, 0.3) is 0 Å². The molecule has 0 aliphatic carbocycles. The zero-order valence-corrected chi connectivity index (χ0v) is 15.3. The van der Waals surface area contributed by atoms with Crippen LogP contribution in [0.5, 0.6) is 0 Å². The van der Waals surface area contributed by atoms with Crippen molar-refractivity contribution in [3.8, 4) is 0 Å². The van der Waals surface area contributed by atoms with E-state index in [-0.39, 0.29) is 48.9 Å². The first-order valence-electron chi connectivity index (χ1n) is 8.12. The lowest BCUT2D eigenvalue weighted by molar-refractivity contribution is -0.135. The summed E-state index contributed by atoms with van der Waals surface area (Å²) in [5.74, 6) is 0.0476. The van der Waals surface area contributed by atoms with Crippen molar-refractivity contribution in [2.45, 2.75) is 54.4 Å². The molecule has 5 nitrogen and oxygen atoms in total. The smallest absolute Gasteiger partial charge is 0.225 e. The minimum Gasteiger partial charge on any atom is -0.380 e. The van der Waals surface area contributed by atoms with Gasteiger partial charge in [0, 0.05) is 25.3 Å². The van der Waals surface area contributed by atoms with Crippen LogP contribution in [-0.2, 0) is 19.1 Å². The number of hydrogen-bond acceptors (Lipinski definition) is 4. The lowest BCUT2D eigenvalue weighted by Gasteiger charge is -2.17. The summed E-state index contributed by atoms with van der Waals surface area (Å²) in [4.78, 5) is 36.0. The summed E-state index contributed by atoms with van der Waals surface area (Å²) in [5, 5.41) is 0. The number of hydrogen-bond donors (Lipinski definition) is 0. The van der Waals surface area contributed by atoms with Gasteiger partial charge in [-0.3, -0.25) is 14.4 Å². The molecule has 0 atom stereocenters. The van der Waals surface area contributed by atoms with Crippen LogP contribution in [-0.4, -0.2) is 49.2 Å². The normalized spacial score (nSPS) is 10.2. The summed E-state index contributed by atoms with van der Waals surface area (Å²) in [6.45, 7) is 12.1. The molecule has 0 unspecified atom stereocenters. The molecule has 0 aliphatic rings. The Bertz CT molecular complexity index is 338. The maximum absolute atomic E-state index is 11.7. The minimum atomic E-state index is -0.116. The zero-order chi connectivity index (χ0) is 17.7. The molecule has 0 heterocycles. The highest BCUT2D eigenvalue weighted by Gasteiger charge is 2.15. The number of Topliss-reactive ketones (excluding diaryl/α,β-unsaturated/α-hetero) is 2. The Hall–Kier alpha value is -1.23. The molecule has 1 amide bonds. The van der Waals surface area contributed by atoms with Gasteiger partial charge in [-0.05, 0) is 0 Å². The lowest BCUT2D eigenvalue weighted by Crippen LogP contribution is -2.34. The molecule has 0 saturated heterocycles. The summed E-state index contributed by atoms with van der Waals surface area (Å²) >= 11 is 0. The van der Waals surface area contributed by atoms with E-state index in [9.17, 15) is 14.4 Å². The van der Waals surface area contributed by atoms with Gasteiger partial charge in [-0.15, -0.1) is 0 Å². The predicted octanol–water partition coefficient (Wildman–Crippen LogP) is 2.72. The SMILES string of the molecule is CC.CC(C)C(=O)CCOCCC(=O)N(C)CC(=O)C(C)C. The van der Waals surface area contributed by atoms with Gasteiger partial charge in [-0.1, -0.05) is 41.5 Å². The van der Waals surface area contributed by atoms with Gasteiger partial charge in [0.2, 0.25) is 5.91 Å². The fourth-order valence-electron chi connectivity index (χ4n) is 1.42. The van der Waals surface area contributed by atoms with Crippen molar-refractivity contribution in [2.24, 2.45) is 11.8 Å². The molecule has 0 radical (unpaired) electrons. The van der Waals surface area contributed by atoms with Gasteiger partial charge in [0.1, 0.15) is 5.78 Å². The third-order valence-electron chi connectivity index (χ3n) is 3.06.